The molecule has 60 valence electrons. The first kappa shape index (κ1) is 8.69. The number of aryl methyl sites for hydroxylation is 1. The zero-order valence-corrected chi connectivity index (χ0v) is 7.62. The van der Waals surface area contributed by atoms with E-state index in [0.29, 0.717) is 10.8 Å². The molecule has 3 heteroatoms. The van der Waals surface area contributed by atoms with Crippen LogP contribution >= 0.6 is 23.2 Å². The van der Waals surface area contributed by atoms with Crippen LogP contribution in [0.4, 0.5) is 0 Å². The van der Waals surface area contributed by atoms with Crippen LogP contribution in [0.2, 0.25) is 5.02 Å². The van der Waals surface area contributed by atoms with Crippen molar-refractivity contribution in [1.29, 1.82) is 0 Å². The van der Waals surface area contributed by atoms with Gasteiger partial charge in [0.05, 0.1) is 5.02 Å². The van der Waals surface area contributed by atoms with Gasteiger partial charge < -0.3 is 4.74 Å². The second-order valence-electron chi connectivity index (χ2n) is 2.19. The van der Waals surface area contributed by atoms with Crippen LogP contribution in [0.3, 0.4) is 0 Å². The van der Waals surface area contributed by atoms with Crippen molar-refractivity contribution in [2.75, 3.05) is 6.07 Å². The highest BCUT2D eigenvalue weighted by Crippen LogP contribution is 2.25. The van der Waals surface area contributed by atoms with E-state index in [1.807, 2.05) is 19.1 Å². The normalized spacial score (nSPS) is 9.73. The lowest BCUT2D eigenvalue weighted by atomic mass is 10.2. The summed E-state index contributed by atoms with van der Waals surface area (Å²) >= 11 is 11.2. The van der Waals surface area contributed by atoms with Gasteiger partial charge in [-0.3, -0.25) is 0 Å². The van der Waals surface area contributed by atoms with Gasteiger partial charge in [0.1, 0.15) is 5.75 Å². The quantitative estimate of drug-likeness (QED) is 0.652. The van der Waals surface area contributed by atoms with Gasteiger partial charge in [0.2, 0.25) is 0 Å². The van der Waals surface area contributed by atoms with Crippen LogP contribution in [0.5, 0.6) is 5.75 Å². The molecule has 0 aromatic heterocycles. The molecule has 0 unspecified atom stereocenters. The molecule has 1 aromatic rings. The predicted octanol–water partition coefficient (Wildman–Crippen LogP) is 3.22. The lowest BCUT2D eigenvalue weighted by Crippen LogP contribution is -1.89. The summed E-state index contributed by atoms with van der Waals surface area (Å²) in [5.41, 5.74) is 1.11. The fraction of sp³-hybridized carbons (Fsp3) is 0.250. The first-order chi connectivity index (χ1) is 5.24. The number of rotatable bonds is 2. The highest BCUT2D eigenvalue weighted by atomic mass is 35.5. The van der Waals surface area contributed by atoms with Crippen molar-refractivity contribution in [1.82, 2.24) is 0 Å². The van der Waals surface area contributed by atoms with Gasteiger partial charge in [-0.05, 0) is 24.6 Å². The predicted molar refractivity (Wildman–Crippen MR) is 47.5 cm³/mol. The van der Waals surface area contributed by atoms with E-state index in [-0.39, 0.29) is 6.07 Å². The molecule has 0 bridgehead atoms. The van der Waals surface area contributed by atoms with E-state index < -0.39 is 0 Å². The Kier molecular flexibility index (Phi) is 3.03. The molecule has 0 saturated carbocycles. The van der Waals surface area contributed by atoms with Gasteiger partial charge in [-0.25, -0.2) is 0 Å². The third-order valence-electron chi connectivity index (χ3n) is 1.30. The van der Waals surface area contributed by atoms with Crippen molar-refractivity contribution in [3.05, 3.63) is 28.8 Å². The first-order valence-electron chi connectivity index (χ1n) is 3.19. The monoisotopic (exact) mass is 190 g/mol. The Morgan fingerprint density at radius 2 is 2.18 bits per heavy atom. The van der Waals surface area contributed by atoms with Gasteiger partial charge in [0.25, 0.3) is 0 Å². The van der Waals surface area contributed by atoms with Gasteiger partial charge >= 0.3 is 0 Å². The Hall–Kier alpha value is -0.400. The van der Waals surface area contributed by atoms with Crippen molar-refractivity contribution in [3.8, 4) is 5.75 Å². The minimum absolute atomic E-state index is 0.128. The Labute approximate surface area is 75.9 Å². The van der Waals surface area contributed by atoms with Crippen LogP contribution in [0, 0.1) is 6.92 Å². The highest BCUT2D eigenvalue weighted by molar-refractivity contribution is 6.32. The summed E-state index contributed by atoms with van der Waals surface area (Å²) in [6.07, 6.45) is 0. The van der Waals surface area contributed by atoms with Crippen molar-refractivity contribution in [2.45, 2.75) is 6.92 Å². The third-order valence-corrected chi connectivity index (χ3v) is 1.72. The molecule has 0 aliphatic heterocycles. The molecule has 1 rings (SSSR count). The molecule has 0 N–H and O–H groups in total. The molecule has 0 aliphatic rings. The summed E-state index contributed by atoms with van der Waals surface area (Å²) in [5.74, 6) is 0.640. The summed E-state index contributed by atoms with van der Waals surface area (Å²) < 4.78 is 5.05. The Morgan fingerprint density at radius 1 is 1.45 bits per heavy atom. The van der Waals surface area contributed by atoms with Gasteiger partial charge in [-0.15, -0.1) is 0 Å². The van der Waals surface area contributed by atoms with Crippen LogP contribution in [-0.2, 0) is 0 Å². The van der Waals surface area contributed by atoms with Crippen molar-refractivity contribution in [2.24, 2.45) is 0 Å². The molecule has 0 amide bonds. The summed E-state index contributed by atoms with van der Waals surface area (Å²) in [6, 6.07) is 5.69. The molecule has 0 radical (unpaired) electrons. The minimum Gasteiger partial charge on any atom is -0.476 e. The Morgan fingerprint density at radius 3 is 2.82 bits per heavy atom. The Balaban J connectivity index is 2.93. The summed E-state index contributed by atoms with van der Waals surface area (Å²) in [7, 11) is 0. The second-order valence-corrected chi connectivity index (χ2v) is 2.81. The van der Waals surface area contributed by atoms with Gasteiger partial charge in [0.15, 0.2) is 6.07 Å². The van der Waals surface area contributed by atoms with Crippen LogP contribution < -0.4 is 4.74 Å². The highest BCUT2D eigenvalue weighted by Gasteiger charge is 1.99. The molecule has 0 saturated heterocycles. The molecular formula is C8H8Cl2O. The van der Waals surface area contributed by atoms with Crippen LogP contribution in [-0.4, -0.2) is 6.07 Å². The summed E-state index contributed by atoms with van der Waals surface area (Å²) in [6.45, 7) is 1.97. The second kappa shape index (κ2) is 3.84. The van der Waals surface area contributed by atoms with Gasteiger partial charge in [0, 0.05) is 0 Å². The van der Waals surface area contributed by atoms with Crippen LogP contribution in [0.15, 0.2) is 18.2 Å². The van der Waals surface area contributed by atoms with Crippen LogP contribution in [0.1, 0.15) is 5.56 Å². The average Bonchev–Trinajstić information content (AvgIpc) is 1.98. The van der Waals surface area contributed by atoms with E-state index in [9.17, 15) is 0 Å². The zero-order chi connectivity index (χ0) is 8.27. The number of halogens is 2. The zero-order valence-electron chi connectivity index (χ0n) is 6.10. The van der Waals surface area contributed by atoms with Crippen molar-refractivity contribution in [3.63, 3.8) is 0 Å². The van der Waals surface area contributed by atoms with E-state index >= 15 is 0 Å². The fourth-order valence-corrected chi connectivity index (χ4v) is 1.07. The van der Waals surface area contributed by atoms with Crippen LogP contribution in [0.25, 0.3) is 0 Å². The van der Waals surface area contributed by atoms with E-state index in [0.717, 1.165) is 5.56 Å². The van der Waals surface area contributed by atoms with E-state index in [1.165, 1.54) is 0 Å². The molecule has 1 nitrogen and oxygen atoms in total. The lowest BCUT2D eigenvalue weighted by Gasteiger charge is -2.04. The molecule has 0 heterocycles. The van der Waals surface area contributed by atoms with Crippen molar-refractivity contribution >= 4 is 23.2 Å². The standard InChI is InChI=1S/C8H8Cl2O/c1-6-2-3-7(10)8(4-6)11-5-9/h2-4H,5H2,1H3. The molecule has 0 fully saturated rings. The molecule has 0 aliphatic carbocycles. The Bertz CT molecular complexity index is 248. The van der Waals surface area contributed by atoms with Crippen molar-refractivity contribution < 1.29 is 4.74 Å². The SMILES string of the molecule is Cc1ccc(Cl)c(OCCl)c1. The maximum Gasteiger partial charge on any atom is 0.162 e. The topological polar surface area (TPSA) is 9.23 Å². The number of alkyl halides is 1. The maximum atomic E-state index is 5.79. The van der Waals surface area contributed by atoms with E-state index in [2.05, 4.69) is 0 Å². The number of benzene rings is 1. The largest absolute Gasteiger partial charge is 0.476 e. The molecule has 1 aromatic carbocycles. The summed E-state index contributed by atoms with van der Waals surface area (Å²) in [4.78, 5) is 0. The third kappa shape index (κ3) is 2.28. The number of hydrogen-bond donors (Lipinski definition) is 0. The minimum atomic E-state index is 0.128. The van der Waals surface area contributed by atoms with Gasteiger partial charge in [-0.2, -0.15) is 0 Å². The lowest BCUT2D eigenvalue weighted by molar-refractivity contribution is 0.388. The first-order valence-corrected chi connectivity index (χ1v) is 4.10. The number of hydrogen-bond acceptors (Lipinski definition) is 1. The molecule has 0 spiro atoms. The molecule has 0 atom stereocenters. The fourth-order valence-electron chi connectivity index (χ4n) is 0.780. The molecular weight excluding hydrogens is 183 g/mol. The number of ether oxygens (including phenoxy) is 1. The van der Waals surface area contributed by atoms with E-state index in [1.54, 1.807) is 6.07 Å². The van der Waals surface area contributed by atoms with E-state index in [4.69, 9.17) is 27.9 Å². The average molecular weight is 191 g/mol. The molecule has 11 heavy (non-hydrogen) atoms. The smallest absolute Gasteiger partial charge is 0.162 e. The van der Waals surface area contributed by atoms with Gasteiger partial charge in [-0.1, -0.05) is 29.3 Å². The maximum absolute atomic E-state index is 5.79. The summed E-state index contributed by atoms with van der Waals surface area (Å²) in [5, 5.41) is 0.594.